The molecule has 0 spiro atoms. The van der Waals surface area contributed by atoms with E-state index < -0.39 is 0 Å². The zero-order valence-electron chi connectivity index (χ0n) is 12.8. The van der Waals surface area contributed by atoms with Gasteiger partial charge in [0, 0.05) is 22.8 Å². The van der Waals surface area contributed by atoms with Gasteiger partial charge in [-0.15, -0.1) is 11.8 Å². The summed E-state index contributed by atoms with van der Waals surface area (Å²) in [7, 11) is 0. The Labute approximate surface area is 131 Å². The Balaban J connectivity index is 1.81. The molecule has 0 saturated carbocycles. The second-order valence-electron chi connectivity index (χ2n) is 5.24. The zero-order valence-corrected chi connectivity index (χ0v) is 13.6. The van der Waals surface area contributed by atoms with E-state index in [9.17, 15) is 4.79 Å². The summed E-state index contributed by atoms with van der Waals surface area (Å²) in [4.78, 5) is 13.4. The average Bonchev–Trinajstić information content (AvgIpc) is 2.47. The summed E-state index contributed by atoms with van der Waals surface area (Å²) >= 11 is 1.76. The average molecular weight is 299 g/mol. The van der Waals surface area contributed by atoms with Crippen LogP contribution >= 0.6 is 11.8 Å². The molecule has 0 aliphatic rings. The number of hydrogen-bond acceptors (Lipinski definition) is 2. The van der Waals surface area contributed by atoms with Crippen molar-refractivity contribution in [2.24, 2.45) is 0 Å². The molecule has 2 aromatic rings. The lowest BCUT2D eigenvalue weighted by Gasteiger charge is -2.08. The molecule has 0 atom stereocenters. The van der Waals surface area contributed by atoms with E-state index in [-0.39, 0.29) is 5.91 Å². The van der Waals surface area contributed by atoms with E-state index in [1.807, 2.05) is 32.0 Å². The summed E-state index contributed by atoms with van der Waals surface area (Å²) in [6.45, 7) is 6.72. The number of nitrogens with one attached hydrogen (secondary N) is 1. The molecule has 0 unspecified atom stereocenters. The Hall–Kier alpha value is -1.74. The van der Waals surface area contributed by atoms with Gasteiger partial charge < -0.3 is 5.32 Å². The molecule has 0 aromatic heterocycles. The second kappa shape index (κ2) is 7.32. The highest BCUT2D eigenvalue weighted by atomic mass is 32.2. The first-order valence-electron chi connectivity index (χ1n) is 7.11. The highest BCUT2D eigenvalue weighted by molar-refractivity contribution is 7.99. The Morgan fingerprint density at radius 1 is 1.00 bits per heavy atom. The Kier molecular flexibility index (Phi) is 5.45. The highest BCUT2D eigenvalue weighted by Gasteiger charge is 2.08. The molecule has 1 amide bonds. The van der Waals surface area contributed by atoms with Crippen LogP contribution in [0.1, 0.15) is 27.0 Å². The van der Waals surface area contributed by atoms with Crippen molar-refractivity contribution in [3.05, 3.63) is 64.7 Å². The van der Waals surface area contributed by atoms with Crippen molar-refractivity contribution in [1.82, 2.24) is 5.32 Å². The van der Waals surface area contributed by atoms with Crippen LogP contribution in [-0.4, -0.2) is 18.2 Å². The number of carbonyl (C=O) groups excluding carboxylic acids is 1. The first-order valence-corrected chi connectivity index (χ1v) is 8.10. The number of thioether (sulfide) groups is 1. The molecule has 0 fully saturated rings. The van der Waals surface area contributed by atoms with Gasteiger partial charge in [-0.25, -0.2) is 0 Å². The van der Waals surface area contributed by atoms with Crippen molar-refractivity contribution in [3.63, 3.8) is 0 Å². The van der Waals surface area contributed by atoms with Gasteiger partial charge in [-0.3, -0.25) is 4.79 Å². The largest absolute Gasteiger partial charge is 0.351 e. The van der Waals surface area contributed by atoms with Crippen LogP contribution in [0.25, 0.3) is 0 Å². The van der Waals surface area contributed by atoms with Crippen molar-refractivity contribution in [3.8, 4) is 0 Å². The number of rotatable bonds is 5. The third kappa shape index (κ3) is 4.64. The number of aryl methyl sites for hydroxylation is 3. The lowest BCUT2D eigenvalue weighted by atomic mass is 10.1. The van der Waals surface area contributed by atoms with Gasteiger partial charge in [0.25, 0.3) is 5.91 Å². The Morgan fingerprint density at radius 3 is 2.38 bits per heavy atom. The number of amides is 1. The molecule has 2 nitrogen and oxygen atoms in total. The standard InChI is InChI=1S/C18H21NOS/c1-13-5-8-16(9-6-13)21-11-10-19-18(20)17-12-14(2)4-7-15(17)3/h4-9,12H,10-11H2,1-3H3,(H,19,20). The topological polar surface area (TPSA) is 29.1 Å². The van der Waals surface area contributed by atoms with Gasteiger partial charge in [0.15, 0.2) is 0 Å². The maximum atomic E-state index is 12.2. The fourth-order valence-corrected chi connectivity index (χ4v) is 2.81. The number of hydrogen-bond donors (Lipinski definition) is 1. The minimum atomic E-state index is 0.0145. The van der Waals surface area contributed by atoms with E-state index in [2.05, 4.69) is 36.5 Å². The first kappa shape index (κ1) is 15.6. The van der Waals surface area contributed by atoms with E-state index >= 15 is 0 Å². The van der Waals surface area contributed by atoms with Crippen molar-refractivity contribution in [2.45, 2.75) is 25.7 Å². The van der Waals surface area contributed by atoms with Crippen LogP contribution in [0.3, 0.4) is 0 Å². The smallest absolute Gasteiger partial charge is 0.251 e. The molecule has 0 heterocycles. The minimum absolute atomic E-state index is 0.0145. The molecule has 3 heteroatoms. The third-order valence-corrected chi connectivity index (χ3v) is 4.33. The van der Waals surface area contributed by atoms with Gasteiger partial charge in [0.05, 0.1) is 0 Å². The summed E-state index contributed by atoms with van der Waals surface area (Å²) in [5, 5.41) is 2.99. The van der Waals surface area contributed by atoms with Gasteiger partial charge in [-0.05, 0) is 44.5 Å². The normalized spacial score (nSPS) is 10.4. The molecule has 21 heavy (non-hydrogen) atoms. The number of carbonyl (C=O) groups is 1. The fraction of sp³-hybridized carbons (Fsp3) is 0.278. The van der Waals surface area contributed by atoms with Crippen LogP contribution in [0, 0.1) is 20.8 Å². The van der Waals surface area contributed by atoms with E-state index in [0.717, 1.165) is 22.4 Å². The van der Waals surface area contributed by atoms with Crippen molar-refractivity contribution in [1.29, 1.82) is 0 Å². The Morgan fingerprint density at radius 2 is 1.67 bits per heavy atom. The quantitative estimate of drug-likeness (QED) is 0.664. The third-order valence-electron chi connectivity index (χ3n) is 3.32. The van der Waals surface area contributed by atoms with E-state index in [1.165, 1.54) is 10.5 Å². The molecular formula is C18H21NOS. The van der Waals surface area contributed by atoms with Crippen LogP contribution in [0.15, 0.2) is 47.4 Å². The summed E-state index contributed by atoms with van der Waals surface area (Å²) in [6, 6.07) is 14.4. The highest BCUT2D eigenvalue weighted by Crippen LogP contribution is 2.17. The van der Waals surface area contributed by atoms with Gasteiger partial charge in [-0.2, -0.15) is 0 Å². The summed E-state index contributed by atoms with van der Waals surface area (Å²) in [6.07, 6.45) is 0. The zero-order chi connectivity index (χ0) is 15.2. The maximum absolute atomic E-state index is 12.2. The molecular weight excluding hydrogens is 278 g/mol. The molecule has 0 bridgehead atoms. The molecule has 0 saturated heterocycles. The van der Waals surface area contributed by atoms with Crippen LogP contribution in [0.2, 0.25) is 0 Å². The van der Waals surface area contributed by atoms with Gasteiger partial charge in [-0.1, -0.05) is 35.4 Å². The predicted octanol–water partition coefficient (Wildman–Crippen LogP) is 4.13. The summed E-state index contributed by atoms with van der Waals surface area (Å²) in [5.74, 6) is 0.889. The fourth-order valence-electron chi connectivity index (χ4n) is 2.04. The molecule has 0 radical (unpaired) electrons. The molecule has 1 N–H and O–H groups in total. The van der Waals surface area contributed by atoms with Gasteiger partial charge >= 0.3 is 0 Å². The molecule has 110 valence electrons. The lowest BCUT2D eigenvalue weighted by molar-refractivity contribution is 0.0955. The molecule has 2 rings (SSSR count). The SMILES string of the molecule is Cc1ccc(SCCNC(=O)c2cc(C)ccc2C)cc1. The van der Waals surface area contributed by atoms with Crippen LogP contribution in [0.4, 0.5) is 0 Å². The second-order valence-corrected chi connectivity index (χ2v) is 6.40. The van der Waals surface area contributed by atoms with Crippen LogP contribution in [-0.2, 0) is 0 Å². The first-order chi connectivity index (χ1) is 10.1. The summed E-state index contributed by atoms with van der Waals surface area (Å²) < 4.78 is 0. The van der Waals surface area contributed by atoms with E-state index in [4.69, 9.17) is 0 Å². The molecule has 0 aliphatic heterocycles. The number of benzene rings is 2. The Bertz CT molecular complexity index is 620. The lowest BCUT2D eigenvalue weighted by Crippen LogP contribution is -2.26. The predicted molar refractivity (Wildman–Crippen MR) is 90.2 cm³/mol. The van der Waals surface area contributed by atoms with E-state index in [0.29, 0.717) is 6.54 Å². The van der Waals surface area contributed by atoms with Crippen molar-refractivity contribution >= 4 is 17.7 Å². The van der Waals surface area contributed by atoms with Gasteiger partial charge in [0.2, 0.25) is 0 Å². The molecule has 2 aromatic carbocycles. The van der Waals surface area contributed by atoms with E-state index in [1.54, 1.807) is 11.8 Å². The van der Waals surface area contributed by atoms with Crippen molar-refractivity contribution in [2.75, 3.05) is 12.3 Å². The maximum Gasteiger partial charge on any atom is 0.251 e. The van der Waals surface area contributed by atoms with Crippen LogP contribution in [0.5, 0.6) is 0 Å². The molecule has 0 aliphatic carbocycles. The monoisotopic (exact) mass is 299 g/mol. The van der Waals surface area contributed by atoms with Gasteiger partial charge in [0.1, 0.15) is 0 Å². The minimum Gasteiger partial charge on any atom is -0.351 e. The summed E-state index contributed by atoms with van der Waals surface area (Å²) in [5.41, 5.74) is 4.17. The van der Waals surface area contributed by atoms with Crippen LogP contribution < -0.4 is 5.32 Å². The van der Waals surface area contributed by atoms with Crippen molar-refractivity contribution < 1.29 is 4.79 Å².